The Bertz CT molecular complexity index is 1270. The number of nitrogens with zero attached hydrogens (tertiary/aromatic N) is 3. The minimum atomic E-state index is 0.0708. The van der Waals surface area contributed by atoms with Gasteiger partial charge in [0, 0.05) is 16.2 Å². The van der Waals surface area contributed by atoms with Crippen molar-refractivity contribution in [3.63, 3.8) is 0 Å². The van der Waals surface area contributed by atoms with E-state index in [1.807, 2.05) is 0 Å². The number of rotatable bonds is 1. The van der Waals surface area contributed by atoms with E-state index >= 15 is 0 Å². The number of furan rings is 1. The van der Waals surface area contributed by atoms with Crippen LogP contribution in [-0.2, 0) is 24.9 Å². The smallest absolute Gasteiger partial charge is 0.292 e. The Morgan fingerprint density at radius 3 is 2.48 bits per heavy atom. The van der Waals surface area contributed by atoms with Crippen LogP contribution in [0.4, 0.5) is 0 Å². The van der Waals surface area contributed by atoms with Gasteiger partial charge in [0.25, 0.3) is 5.82 Å². The molecule has 1 aliphatic carbocycles. The summed E-state index contributed by atoms with van der Waals surface area (Å²) in [4.78, 5) is 5.12. The van der Waals surface area contributed by atoms with E-state index in [4.69, 9.17) is 9.40 Å². The summed E-state index contributed by atoms with van der Waals surface area (Å²) in [5, 5.41) is 2.28. The SMILES string of the molecule is Cc1ccc2c(oc3nc4c(cc32)C(C)(C)CCC4(C)C)c1-c1n(C)cc[n+]1C. The van der Waals surface area contributed by atoms with Crippen molar-refractivity contribution >= 4 is 22.1 Å². The maximum atomic E-state index is 6.49. The van der Waals surface area contributed by atoms with Gasteiger partial charge in [-0.3, -0.25) is 0 Å². The minimum Gasteiger partial charge on any atom is -0.437 e. The number of hydrogen-bond donors (Lipinski definition) is 0. The van der Waals surface area contributed by atoms with Crippen molar-refractivity contribution in [2.24, 2.45) is 14.1 Å². The molecule has 5 rings (SSSR count). The van der Waals surface area contributed by atoms with Crippen molar-refractivity contribution < 1.29 is 8.98 Å². The van der Waals surface area contributed by atoms with Crippen molar-refractivity contribution in [1.29, 1.82) is 0 Å². The van der Waals surface area contributed by atoms with Gasteiger partial charge in [0.2, 0.25) is 5.71 Å². The van der Waals surface area contributed by atoms with Crippen LogP contribution in [0.2, 0.25) is 0 Å². The van der Waals surface area contributed by atoms with Crippen molar-refractivity contribution in [1.82, 2.24) is 9.55 Å². The lowest BCUT2D eigenvalue weighted by Crippen LogP contribution is -2.34. The van der Waals surface area contributed by atoms with E-state index in [1.165, 1.54) is 23.2 Å². The van der Waals surface area contributed by atoms with E-state index in [1.54, 1.807) is 0 Å². The highest BCUT2D eigenvalue weighted by atomic mass is 16.3. The number of imidazole rings is 1. The Hall–Kier alpha value is -2.62. The first kappa shape index (κ1) is 18.4. The van der Waals surface area contributed by atoms with Crippen molar-refractivity contribution in [2.45, 2.75) is 58.3 Å². The molecule has 0 saturated heterocycles. The Morgan fingerprint density at radius 2 is 1.79 bits per heavy atom. The van der Waals surface area contributed by atoms with E-state index in [9.17, 15) is 0 Å². The molecule has 0 unspecified atom stereocenters. The van der Waals surface area contributed by atoms with Crippen molar-refractivity contribution in [3.05, 3.63) is 47.4 Å². The summed E-state index contributed by atoms with van der Waals surface area (Å²) in [5.41, 5.74) is 6.82. The number of fused-ring (bicyclic) bond motifs is 4. The molecule has 0 spiro atoms. The second-order valence-electron chi connectivity index (χ2n) is 10.1. The maximum absolute atomic E-state index is 6.49. The summed E-state index contributed by atoms with van der Waals surface area (Å²) in [7, 11) is 4.16. The predicted molar refractivity (Wildman–Crippen MR) is 117 cm³/mol. The van der Waals surface area contributed by atoms with Crippen LogP contribution in [0.25, 0.3) is 33.5 Å². The number of aromatic nitrogens is 3. The molecule has 0 N–H and O–H groups in total. The van der Waals surface area contributed by atoms with Gasteiger partial charge in [-0.1, -0.05) is 39.8 Å². The molecule has 0 aliphatic heterocycles. The van der Waals surface area contributed by atoms with Crippen molar-refractivity contribution in [2.75, 3.05) is 0 Å². The minimum absolute atomic E-state index is 0.0708. The molecular weight excluding hydrogens is 358 g/mol. The second kappa shape index (κ2) is 5.71. The van der Waals surface area contributed by atoms with Crippen LogP contribution in [-0.4, -0.2) is 9.55 Å². The first-order chi connectivity index (χ1) is 13.6. The molecular formula is C25H30N3O+. The maximum Gasteiger partial charge on any atom is 0.292 e. The highest BCUT2D eigenvalue weighted by molar-refractivity contribution is 6.08. The monoisotopic (exact) mass is 388 g/mol. The molecule has 1 aromatic carbocycles. The molecule has 3 heterocycles. The summed E-state index contributed by atoms with van der Waals surface area (Å²) in [6.07, 6.45) is 6.49. The molecule has 4 aromatic rings. The average Bonchev–Trinajstić information content (AvgIpc) is 3.18. The number of aryl methyl sites for hydroxylation is 3. The third-order valence-corrected chi connectivity index (χ3v) is 6.99. The van der Waals surface area contributed by atoms with Crippen molar-refractivity contribution in [3.8, 4) is 11.4 Å². The third-order valence-electron chi connectivity index (χ3n) is 6.99. The normalized spacial score (nSPS) is 17.8. The van der Waals surface area contributed by atoms with Gasteiger partial charge in [0.15, 0.2) is 5.58 Å². The Labute approximate surface area is 172 Å². The van der Waals surface area contributed by atoms with Gasteiger partial charge in [-0.05, 0) is 42.4 Å². The summed E-state index contributed by atoms with van der Waals surface area (Å²) in [5.74, 6) is 1.14. The predicted octanol–water partition coefficient (Wildman–Crippen LogP) is 5.47. The molecule has 150 valence electrons. The summed E-state index contributed by atoms with van der Waals surface area (Å²) < 4.78 is 10.8. The number of benzene rings is 1. The van der Waals surface area contributed by atoms with Gasteiger partial charge in [-0.15, -0.1) is 0 Å². The standard InChI is InChI=1S/C25H30N3O/c1-15-8-9-16-17-14-18-21(25(4,5)11-10-24(18,2)3)26-22(17)29-20(16)19(15)23-27(6)12-13-28(23)7/h8-9,12-14H,10-11H2,1-7H3/q+1. The fourth-order valence-corrected chi connectivity index (χ4v) is 4.99. The van der Waals surface area contributed by atoms with Gasteiger partial charge in [-0.2, -0.15) is 0 Å². The lowest BCUT2D eigenvalue weighted by Gasteiger charge is -2.40. The van der Waals surface area contributed by atoms with Gasteiger partial charge >= 0.3 is 0 Å². The van der Waals surface area contributed by atoms with Crippen LogP contribution in [0.1, 0.15) is 57.4 Å². The zero-order valence-corrected chi connectivity index (χ0v) is 18.6. The lowest BCUT2D eigenvalue weighted by molar-refractivity contribution is -0.659. The molecule has 0 saturated carbocycles. The zero-order valence-electron chi connectivity index (χ0n) is 18.6. The Balaban J connectivity index is 1.90. The van der Waals surface area contributed by atoms with Crippen LogP contribution < -0.4 is 4.57 Å². The molecule has 3 aromatic heterocycles. The van der Waals surface area contributed by atoms with E-state index < -0.39 is 0 Å². The van der Waals surface area contributed by atoms with Crippen LogP contribution >= 0.6 is 0 Å². The van der Waals surface area contributed by atoms with Crippen LogP contribution in [0.15, 0.2) is 35.0 Å². The molecule has 4 nitrogen and oxygen atoms in total. The van der Waals surface area contributed by atoms with E-state index in [0.717, 1.165) is 39.9 Å². The summed E-state index contributed by atoms with van der Waals surface area (Å²) in [6.45, 7) is 11.5. The Kier molecular flexibility index (Phi) is 3.63. The largest absolute Gasteiger partial charge is 0.437 e. The fourth-order valence-electron chi connectivity index (χ4n) is 4.99. The summed E-state index contributed by atoms with van der Waals surface area (Å²) in [6, 6.07) is 6.75. The molecule has 29 heavy (non-hydrogen) atoms. The van der Waals surface area contributed by atoms with Gasteiger partial charge in [0.05, 0.1) is 19.8 Å². The van der Waals surface area contributed by atoms with E-state index in [2.05, 4.69) is 88.4 Å². The Morgan fingerprint density at radius 1 is 1.07 bits per heavy atom. The molecule has 4 heteroatoms. The lowest BCUT2D eigenvalue weighted by atomic mass is 9.65. The molecule has 0 fully saturated rings. The third kappa shape index (κ3) is 2.51. The molecule has 1 aliphatic rings. The van der Waals surface area contributed by atoms with Crippen LogP contribution in [0, 0.1) is 6.92 Å². The topological polar surface area (TPSA) is 34.8 Å². The highest BCUT2D eigenvalue weighted by Gasteiger charge is 2.39. The fraction of sp³-hybridized carbons (Fsp3) is 0.440. The summed E-state index contributed by atoms with van der Waals surface area (Å²) >= 11 is 0. The molecule has 0 radical (unpaired) electrons. The van der Waals surface area contributed by atoms with Gasteiger partial charge < -0.3 is 4.42 Å². The number of pyridine rings is 1. The van der Waals surface area contributed by atoms with E-state index in [0.29, 0.717) is 0 Å². The molecule has 0 atom stereocenters. The van der Waals surface area contributed by atoms with Gasteiger partial charge in [0.1, 0.15) is 18.0 Å². The quantitative estimate of drug-likeness (QED) is 0.405. The zero-order chi connectivity index (χ0) is 20.7. The van der Waals surface area contributed by atoms with Crippen LogP contribution in [0.5, 0.6) is 0 Å². The first-order valence-electron chi connectivity index (χ1n) is 10.5. The van der Waals surface area contributed by atoms with E-state index in [-0.39, 0.29) is 10.8 Å². The molecule has 0 amide bonds. The highest BCUT2D eigenvalue weighted by Crippen LogP contribution is 2.47. The average molecular weight is 389 g/mol. The number of hydrogen-bond acceptors (Lipinski definition) is 2. The van der Waals surface area contributed by atoms with Crippen LogP contribution in [0.3, 0.4) is 0 Å². The molecule has 0 bridgehead atoms. The first-order valence-corrected chi connectivity index (χ1v) is 10.5. The van der Waals surface area contributed by atoms with Gasteiger partial charge in [-0.25, -0.2) is 14.1 Å². The second-order valence-corrected chi connectivity index (χ2v) is 10.1.